The number of dihydropyridines is 1. The number of nitrogens with zero attached hydrogens (tertiary/aromatic N) is 1. The van der Waals surface area contributed by atoms with E-state index in [9.17, 15) is 15.3 Å². The molecule has 1 fully saturated rings. The van der Waals surface area contributed by atoms with E-state index in [1.165, 1.54) is 22.3 Å². The number of aromatic hydroxyl groups is 2. The summed E-state index contributed by atoms with van der Waals surface area (Å²) in [5.74, 6) is 2.00. The molecule has 0 radical (unpaired) electrons. The van der Waals surface area contributed by atoms with Crippen molar-refractivity contribution in [2.75, 3.05) is 19.8 Å². The van der Waals surface area contributed by atoms with Gasteiger partial charge in [0.1, 0.15) is 18.2 Å². The second-order valence-corrected chi connectivity index (χ2v) is 18.3. The monoisotopic (exact) mass is 833 g/mol. The first-order chi connectivity index (χ1) is 30.3. The molecule has 322 valence electrons. The summed E-state index contributed by atoms with van der Waals surface area (Å²) in [7, 11) is 0. The van der Waals surface area contributed by atoms with E-state index in [1.54, 1.807) is 18.2 Å². The van der Waals surface area contributed by atoms with E-state index in [-0.39, 0.29) is 36.0 Å². The van der Waals surface area contributed by atoms with Crippen molar-refractivity contribution in [2.45, 2.75) is 101 Å². The molecule has 4 aliphatic heterocycles. The summed E-state index contributed by atoms with van der Waals surface area (Å²) in [5, 5.41) is 38.5. The number of benzene rings is 4. The number of nitrogens with two attached hydrogens (primary N) is 1. The van der Waals surface area contributed by atoms with Crippen LogP contribution < -0.4 is 15.8 Å². The Bertz CT molecular complexity index is 2520. The van der Waals surface area contributed by atoms with Gasteiger partial charge in [0.2, 0.25) is 0 Å². The molecule has 5 heterocycles. The smallest absolute Gasteiger partial charge is 0.168 e. The lowest BCUT2D eigenvalue weighted by Crippen LogP contribution is -2.47. The molecular formula is C53H59N3O6. The molecule has 5 aromatic rings. The molecule has 6 aliphatic rings. The van der Waals surface area contributed by atoms with E-state index in [0.29, 0.717) is 43.5 Å². The van der Waals surface area contributed by atoms with E-state index < -0.39 is 6.10 Å². The molecule has 0 amide bonds. The van der Waals surface area contributed by atoms with Crippen LogP contribution in [0.4, 0.5) is 0 Å². The second-order valence-electron chi connectivity index (χ2n) is 18.3. The molecule has 6 N–H and O–H groups in total. The highest BCUT2D eigenvalue weighted by Gasteiger charge is 2.47. The number of unbranched alkanes of at least 4 members (excludes halogenated alkanes) is 3. The van der Waals surface area contributed by atoms with E-state index in [4.69, 9.17) is 19.9 Å². The molecule has 2 aliphatic carbocycles. The van der Waals surface area contributed by atoms with E-state index in [2.05, 4.69) is 70.8 Å². The number of hydrogen-bond donors (Lipinski definition) is 5. The highest BCUT2D eigenvalue weighted by Crippen LogP contribution is 2.52. The number of aryl methyl sites for hydroxylation is 2. The second kappa shape index (κ2) is 17.4. The van der Waals surface area contributed by atoms with Crippen LogP contribution in [0, 0.1) is 11.8 Å². The van der Waals surface area contributed by atoms with Crippen molar-refractivity contribution >= 4 is 22.7 Å². The van der Waals surface area contributed by atoms with Crippen LogP contribution in [0.1, 0.15) is 90.3 Å². The Morgan fingerprint density at radius 2 is 1.74 bits per heavy atom. The first kappa shape index (κ1) is 40.7. The van der Waals surface area contributed by atoms with Crippen molar-refractivity contribution in [1.82, 2.24) is 9.88 Å². The maximum absolute atomic E-state index is 11.8. The zero-order chi connectivity index (χ0) is 42.2. The van der Waals surface area contributed by atoms with Crippen LogP contribution >= 0.6 is 0 Å². The predicted molar refractivity (Wildman–Crippen MR) is 244 cm³/mol. The summed E-state index contributed by atoms with van der Waals surface area (Å²) in [6, 6.07) is 24.9. The number of ether oxygens (including phenoxy) is 3. The molecule has 4 aromatic carbocycles. The molecule has 11 rings (SSSR count). The van der Waals surface area contributed by atoms with Gasteiger partial charge < -0.3 is 45.1 Å². The summed E-state index contributed by atoms with van der Waals surface area (Å²) in [4.78, 5) is 0. The van der Waals surface area contributed by atoms with Gasteiger partial charge in [-0.15, -0.1) is 0 Å². The van der Waals surface area contributed by atoms with Gasteiger partial charge in [-0.3, -0.25) is 0 Å². The molecular weight excluding hydrogens is 775 g/mol. The summed E-state index contributed by atoms with van der Waals surface area (Å²) >= 11 is 0. The molecule has 9 nitrogen and oxygen atoms in total. The zero-order valence-corrected chi connectivity index (χ0v) is 35.5. The average molecular weight is 834 g/mol. The molecule has 9 heteroatoms. The summed E-state index contributed by atoms with van der Waals surface area (Å²) in [5.41, 5.74) is 15.6. The number of rotatable bonds is 8. The molecule has 1 aromatic heterocycles. The van der Waals surface area contributed by atoms with Gasteiger partial charge in [0.15, 0.2) is 11.5 Å². The van der Waals surface area contributed by atoms with Crippen molar-refractivity contribution < 1.29 is 29.5 Å². The van der Waals surface area contributed by atoms with Crippen LogP contribution in [0.5, 0.6) is 17.2 Å². The number of nitrogens with one attached hydrogen (secondary N) is 1. The Labute approximate surface area is 364 Å². The highest BCUT2D eigenvalue weighted by molar-refractivity contribution is 5.88. The predicted octanol–water partition coefficient (Wildman–Crippen LogP) is 9.04. The van der Waals surface area contributed by atoms with Gasteiger partial charge in [0.05, 0.1) is 31.6 Å². The minimum atomic E-state index is -0.612. The average Bonchev–Trinajstić information content (AvgIpc) is 3.74. The summed E-state index contributed by atoms with van der Waals surface area (Å²) < 4.78 is 21.9. The van der Waals surface area contributed by atoms with Crippen molar-refractivity contribution in [2.24, 2.45) is 17.6 Å². The van der Waals surface area contributed by atoms with Gasteiger partial charge >= 0.3 is 0 Å². The first-order valence-corrected chi connectivity index (χ1v) is 22.8. The normalized spacial score (nSPS) is 25.7. The quantitative estimate of drug-likeness (QED) is 0.0980. The third kappa shape index (κ3) is 7.96. The summed E-state index contributed by atoms with van der Waals surface area (Å²) in [6.45, 7) is 2.07. The largest absolute Gasteiger partial charge is 0.508 e. The Hall–Kier alpha value is -5.32. The number of phenols is 2. The Kier molecular flexibility index (Phi) is 11.5. The van der Waals surface area contributed by atoms with Crippen LogP contribution in [0.2, 0.25) is 0 Å². The van der Waals surface area contributed by atoms with Gasteiger partial charge in [-0.25, -0.2) is 0 Å². The SMILES string of the molecule is NC1C=CC2=C(N1)n1cc3cc([C@@]45CCOC[C@H]4CCc4ccccc45)cc(c3c1)COc1c(O)ccc3c1C=C[C@@H](C3)[C@@H](O)C[C@H](CCCCCCc1ccc(O)cc1)OC2. The zero-order valence-electron chi connectivity index (χ0n) is 35.5. The van der Waals surface area contributed by atoms with Crippen LogP contribution in [0.3, 0.4) is 0 Å². The van der Waals surface area contributed by atoms with Gasteiger partial charge in [0.25, 0.3) is 0 Å². The Morgan fingerprint density at radius 3 is 2.65 bits per heavy atom. The fourth-order valence-electron chi connectivity index (χ4n) is 11.1. The number of aliphatic hydroxyl groups excluding tert-OH is 1. The van der Waals surface area contributed by atoms with Gasteiger partial charge in [0, 0.05) is 58.7 Å². The molecule has 1 unspecified atom stereocenters. The van der Waals surface area contributed by atoms with Gasteiger partial charge in [-0.1, -0.05) is 86.0 Å². The number of fused-ring (bicyclic) bond motifs is 8. The van der Waals surface area contributed by atoms with Crippen LogP contribution in [0.15, 0.2) is 109 Å². The van der Waals surface area contributed by atoms with E-state index >= 15 is 0 Å². The fraction of sp³-hybridized carbons (Fsp3) is 0.396. The minimum Gasteiger partial charge on any atom is -0.508 e. The highest BCUT2D eigenvalue weighted by atomic mass is 16.5. The fourth-order valence-corrected chi connectivity index (χ4v) is 11.1. The number of aromatic nitrogens is 1. The number of aliphatic hydroxyl groups is 1. The molecule has 0 saturated carbocycles. The third-order valence-electron chi connectivity index (χ3n) is 14.4. The lowest BCUT2D eigenvalue weighted by atomic mass is 9.57. The Balaban J connectivity index is 1.02. The topological polar surface area (TPSA) is 131 Å². The third-order valence-corrected chi connectivity index (χ3v) is 14.4. The molecule has 6 atom stereocenters. The molecule has 6 bridgehead atoms. The minimum absolute atomic E-state index is 0.100. The standard InChI is InChI=1S/C53H59N3O6/c54-50-22-16-38-31-61-44(9-4-2-1-3-7-34-11-18-43(57)19-12-34)28-49(59)37-14-20-45-36(25-37)15-21-48(58)51(45)62-32-40-27-42(26-39-29-56(30-46(39)40)52(38)55-50)53-23-24-60-33-41(53)17-13-35-8-5-6-10-47(35)53/h5-6,8,10-12,14-16,18-22,26-27,29-30,37,41,44,49-50,55,57-59H,1-4,7,9,13,17,23-25,28,31-33,54H2/t37-,41+,44-,49-,50?,53+/m0/s1. The van der Waals surface area contributed by atoms with Crippen molar-refractivity contribution in [3.63, 3.8) is 0 Å². The first-order valence-electron chi connectivity index (χ1n) is 22.8. The number of phenolic OH excluding ortho intramolecular Hbond substituents is 2. The summed E-state index contributed by atoms with van der Waals surface area (Å²) in [6.07, 6.45) is 21.6. The van der Waals surface area contributed by atoms with Gasteiger partial charge in [-0.2, -0.15) is 0 Å². The molecule has 0 spiro atoms. The maximum atomic E-state index is 11.8. The lowest BCUT2D eigenvalue weighted by molar-refractivity contribution is 0.00497. The maximum Gasteiger partial charge on any atom is 0.168 e. The van der Waals surface area contributed by atoms with Crippen LogP contribution in [-0.2, 0) is 40.8 Å². The van der Waals surface area contributed by atoms with Crippen LogP contribution in [-0.4, -0.2) is 58.1 Å². The van der Waals surface area contributed by atoms with E-state index in [0.717, 1.165) is 103 Å². The van der Waals surface area contributed by atoms with Crippen molar-refractivity contribution in [1.29, 1.82) is 0 Å². The molecule has 62 heavy (non-hydrogen) atoms. The lowest BCUT2D eigenvalue weighted by Gasteiger charge is -2.49. The van der Waals surface area contributed by atoms with Crippen molar-refractivity contribution in [3.05, 3.63) is 148 Å². The van der Waals surface area contributed by atoms with Crippen LogP contribution in [0.25, 0.3) is 22.7 Å². The van der Waals surface area contributed by atoms with E-state index in [1.807, 2.05) is 30.4 Å². The number of hydrogen-bond acceptors (Lipinski definition) is 8. The van der Waals surface area contributed by atoms with Gasteiger partial charge in [-0.05, 0) is 115 Å². The van der Waals surface area contributed by atoms with Crippen molar-refractivity contribution in [3.8, 4) is 17.2 Å². The Morgan fingerprint density at radius 1 is 0.871 bits per heavy atom. The molecule has 1 saturated heterocycles.